The summed E-state index contributed by atoms with van der Waals surface area (Å²) in [6.45, 7) is 17.3. The van der Waals surface area contributed by atoms with Gasteiger partial charge in [-0.05, 0) is 45.8 Å². The zero-order chi connectivity index (χ0) is 21.0. The predicted molar refractivity (Wildman–Crippen MR) is 120 cm³/mol. The monoisotopic (exact) mass is 359 g/mol. The second-order valence-corrected chi connectivity index (χ2v) is 5.02. The molecule has 0 atom stereocenters. The second kappa shape index (κ2) is 20.7. The van der Waals surface area contributed by atoms with E-state index < -0.39 is 0 Å². The first-order valence-electron chi connectivity index (χ1n) is 8.91. The van der Waals surface area contributed by atoms with Gasteiger partial charge in [0.1, 0.15) is 6.34 Å². The third-order valence-electron chi connectivity index (χ3n) is 3.08. The Bertz CT molecular complexity index is 574. The van der Waals surface area contributed by atoms with Crippen LogP contribution in [0.4, 0.5) is 0 Å². The largest absolute Gasteiger partial charge is 0.297 e. The fraction of sp³-hybridized carbons (Fsp3) is 0.455. The van der Waals surface area contributed by atoms with Crippen molar-refractivity contribution in [2.75, 3.05) is 14.1 Å². The van der Waals surface area contributed by atoms with Crippen LogP contribution in [0.25, 0.3) is 0 Å². The van der Waals surface area contributed by atoms with E-state index in [1.54, 1.807) is 32.3 Å². The number of carbonyl (C=O) groups excluding carboxylic acids is 1. The molecule has 26 heavy (non-hydrogen) atoms. The van der Waals surface area contributed by atoms with Crippen molar-refractivity contribution >= 4 is 24.0 Å². The van der Waals surface area contributed by atoms with Crippen molar-refractivity contribution in [2.45, 2.75) is 54.9 Å². The van der Waals surface area contributed by atoms with E-state index in [1.165, 1.54) is 18.8 Å². The summed E-state index contributed by atoms with van der Waals surface area (Å²) in [4.78, 5) is 22.8. The molecule has 4 heteroatoms. The van der Waals surface area contributed by atoms with Gasteiger partial charge in [0.2, 0.25) is 0 Å². The van der Waals surface area contributed by atoms with E-state index in [2.05, 4.69) is 35.4 Å². The Labute approximate surface area is 161 Å². The lowest BCUT2D eigenvalue weighted by Crippen LogP contribution is -1.96. The first-order valence-corrected chi connectivity index (χ1v) is 8.91. The van der Waals surface area contributed by atoms with Gasteiger partial charge in [-0.2, -0.15) is 0 Å². The fourth-order valence-electron chi connectivity index (χ4n) is 1.27. The number of aliphatic imine (C=N–C) groups is 3. The molecule has 0 spiro atoms. The van der Waals surface area contributed by atoms with Gasteiger partial charge in [0.05, 0.1) is 0 Å². The molecule has 0 aliphatic rings. The van der Waals surface area contributed by atoms with Crippen LogP contribution in [-0.2, 0) is 4.79 Å². The zero-order valence-electron chi connectivity index (χ0n) is 18.1. The molecule has 0 fully saturated rings. The number of hydrogen-bond donors (Lipinski definition) is 0. The normalized spacial score (nSPS) is 12.7. The van der Waals surface area contributed by atoms with Crippen molar-refractivity contribution in [1.29, 1.82) is 0 Å². The van der Waals surface area contributed by atoms with Gasteiger partial charge in [0.15, 0.2) is 5.78 Å². The molecular weight excluding hydrogens is 322 g/mol. The van der Waals surface area contributed by atoms with E-state index in [9.17, 15) is 4.79 Å². The van der Waals surface area contributed by atoms with Crippen LogP contribution in [0.3, 0.4) is 0 Å². The molecule has 0 radical (unpaired) electrons. The van der Waals surface area contributed by atoms with Crippen molar-refractivity contribution in [3.05, 3.63) is 47.6 Å². The minimum absolute atomic E-state index is 0.0382. The summed E-state index contributed by atoms with van der Waals surface area (Å²) in [5.41, 5.74) is 3.58. The molecule has 0 rings (SSSR count). The van der Waals surface area contributed by atoms with Crippen LogP contribution in [0, 0.1) is 0 Å². The molecule has 0 aliphatic carbocycles. The minimum atomic E-state index is 0.0382. The summed E-state index contributed by atoms with van der Waals surface area (Å²) in [7, 11) is 3.43. The minimum Gasteiger partial charge on any atom is -0.297 e. The Hall–Kier alpha value is -2.36. The van der Waals surface area contributed by atoms with E-state index in [0.29, 0.717) is 5.57 Å². The molecule has 4 nitrogen and oxygen atoms in total. The third kappa shape index (κ3) is 18.0. The molecule has 0 saturated carbocycles. The zero-order valence-corrected chi connectivity index (χ0v) is 18.1. The maximum atomic E-state index is 11.1. The first-order chi connectivity index (χ1) is 12.3. The van der Waals surface area contributed by atoms with Gasteiger partial charge < -0.3 is 0 Å². The lowest BCUT2D eigenvalue weighted by Gasteiger charge is -1.98. The molecule has 0 N–H and O–H groups in total. The van der Waals surface area contributed by atoms with Crippen LogP contribution in [0.2, 0.25) is 0 Å². The standard InChI is InChI=1S/C13H18N2O.C7H13N.C2H6/c1-6-13(12(4)16)8-7-10(2)11(3)15-9-14-5;1-4-7(2)5-6-8-3;1-2/h6-9H,2H2,1,3-5H3;5-6H,4H2,1-3H3;1-2H3/b8-7-,13-6+,14-9?,15-11?;7-5+,8-6?;. The highest BCUT2D eigenvalue weighted by Gasteiger charge is 1.98. The SMILES string of the molecule is C=C(/C=C\C(=C/C)C(C)=O)C(C)=NC=NC.CC.CC/C(C)=C/C=NC. The van der Waals surface area contributed by atoms with Gasteiger partial charge in [-0.15, -0.1) is 0 Å². The Morgan fingerprint density at radius 2 is 1.62 bits per heavy atom. The highest BCUT2D eigenvalue weighted by Crippen LogP contribution is 2.03. The van der Waals surface area contributed by atoms with Crippen molar-refractivity contribution in [3.63, 3.8) is 0 Å². The number of nitrogens with zero attached hydrogens (tertiary/aromatic N) is 3. The molecule has 0 unspecified atom stereocenters. The highest BCUT2D eigenvalue weighted by atomic mass is 16.1. The molecule has 0 heterocycles. The average Bonchev–Trinajstić information content (AvgIpc) is 2.66. The molecule has 146 valence electrons. The van der Waals surface area contributed by atoms with Crippen LogP contribution < -0.4 is 0 Å². The smallest absolute Gasteiger partial charge is 0.159 e. The van der Waals surface area contributed by atoms with Crippen LogP contribution in [0.15, 0.2) is 62.6 Å². The maximum Gasteiger partial charge on any atom is 0.159 e. The molecule has 0 aromatic rings. The summed E-state index contributed by atoms with van der Waals surface area (Å²) in [5, 5.41) is 0. The number of ketones is 1. The average molecular weight is 360 g/mol. The van der Waals surface area contributed by atoms with Crippen LogP contribution in [0.1, 0.15) is 54.9 Å². The number of allylic oxidation sites excluding steroid dienone is 7. The topological polar surface area (TPSA) is 54.1 Å². The third-order valence-corrected chi connectivity index (χ3v) is 3.08. The van der Waals surface area contributed by atoms with Gasteiger partial charge in [-0.25, -0.2) is 4.99 Å². The van der Waals surface area contributed by atoms with Gasteiger partial charge in [0, 0.05) is 31.6 Å². The second-order valence-electron chi connectivity index (χ2n) is 5.02. The molecule has 0 saturated heterocycles. The van der Waals surface area contributed by atoms with E-state index in [-0.39, 0.29) is 5.78 Å². The Balaban J connectivity index is -0.000000444. The number of carbonyl (C=O) groups is 1. The molecular formula is C22H37N3O. The highest BCUT2D eigenvalue weighted by molar-refractivity contribution is 6.04. The summed E-state index contributed by atoms with van der Waals surface area (Å²) in [5.74, 6) is 0.0382. The Morgan fingerprint density at radius 3 is 2.00 bits per heavy atom. The van der Waals surface area contributed by atoms with Crippen molar-refractivity contribution in [1.82, 2.24) is 0 Å². The van der Waals surface area contributed by atoms with Crippen molar-refractivity contribution in [3.8, 4) is 0 Å². The number of rotatable bonds is 7. The molecule has 0 amide bonds. The Morgan fingerprint density at radius 1 is 1.04 bits per heavy atom. The predicted octanol–water partition coefficient (Wildman–Crippen LogP) is 5.82. The van der Waals surface area contributed by atoms with Crippen LogP contribution >= 0.6 is 0 Å². The number of Topliss-reactive ketones (excluding diaryl/α,β-unsaturated/α-hetero) is 1. The maximum absolute atomic E-state index is 11.1. The lowest BCUT2D eigenvalue weighted by molar-refractivity contribution is -0.113. The molecule has 0 aliphatic heterocycles. The fourth-order valence-corrected chi connectivity index (χ4v) is 1.27. The summed E-state index contributed by atoms with van der Waals surface area (Å²) in [6, 6.07) is 0. The van der Waals surface area contributed by atoms with Crippen molar-refractivity contribution in [2.24, 2.45) is 15.0 Å². The quantitative estimate of drug-likeness (QED) is 0.244. The van der Waals surface area contributed by atoms with E-state index >= 15 is 0 Å². The molecule has 0 aromatic heterocycles. The van der Waals surface area contributed by atoms with Crippen LogP contribution in [-0.4, -0.2) is 38.1 Å². The summed E-state index contributed by atoms with van der Waals surface area (Å²) >= 11 is 0. The van der Waals surface area contributed by atoms with Gasteiger partial charge >= 0.3 is 0 Å². The van der Waals surface area contributed by atoms with E-state index in [0.717, 1.165) is 17.7 Å². The van der Waals surface area contributed by atoms with E-state index in [1.807, 2.05) is 40.0 Å². The lowest BCUT2D eigenvalue weighted by atomic mass is 10.1. The molecule has 0 aromatic carbocycles. The first kappa shape index (κ1) is 28.4. The summed E-state index contributed by atoms with van der Waals surface area (Å²) < 4.78 is 0. The van der Waals surface area contributed by atoms with Gasteiger partial charge in [-0.1, -0.05) is 51.2 Å². The van der Waals surface area contributed by atoms with E-state index in [4.69, 9.17) is 0 Å². The van der Waals surface area contributed by atoms with Gasteiger partial charge in [-0.3, -0.25) is 14.8 Å². The van der Waals surface area contributed by atoms with Gasteiger partial charge in [0.25, 0.3) is 0 Å². The van der Waals surface area contributed by atoms with Crippen molar-refractivity contribution < 1.29 is 4.79 Å². The Kier molecular flexibility index (Phi) is 22.6. The number of hydrogen-bond acceptors (Lipinski definition) is 3. The summed E-state index contributed by atoms with van der Waals surface area (Å²) in [6.07, 6.45) is 11.7. The van der Waals surface area contributed by atoms with Crippen LogP contribution in [0.5, 0.6) is 0 Å². The molecule has 0 bridgehead atoms.